The van der Waals surface area contributed by atoms with E-state index in [1.807, 2.05) is 0 Å². The number of carbonyl (C=O) groups is 4. The third-order valence-electron chi connectivity index (χ3n) is 16.8. The van der Waals surface area contributed by atoms with E-state index in [4.69, 9.17) is 37.0 Å². The van der Waals surface area contributed by atoms with Crippen LogP contribution < -0.4 is 0 Å². The van der Waals surface area contributed by atoms with E-state index >= 15 is 0 Å². The first-order chi connectivity index (χ1) is 53.7. The molecule has 17 nitrogen and oxygen atoms in total. The van der Waals surface area contributed by atoms with Crippen LogP contribution in [0, 0.1) is 0 Å². The van der Waals surface area contributed by atoms with Gasteiger partial charge in [0.2, 0.25) is 0 Å². The van der Waals surface area contributed by atoms with Crippen molar-refractivity contribution in [1.29, 1.82) is 0 Å². The first kappa shape index (κ1) is 104. The zero-order valence-corrected chi connectivity index (χ0v) is 70.1. The highest BCUT2D eigenvalue weighted by atomic mass is 31.2. The van der Waals surface area contributed by atoms with Crippen molar-refractivity contribution >= 4 is 39.5 Å². The lowest BCUT2D eigenvalue weighted by atomic mass is 10.1. The number of hydrogen-bond donors (Lipinski definition) is 3. The van der Waals surface area contributed by atoms with E-state index in [0.29, 0.717) is 25.7 Å². The van der Waals surface area contributed by atoms with Gasteiger partial charge in [-0.2, -0.15) is 0 Å². The van der Waals surface area contributed by atoms with Gasteiger partial charge in [-0.1, -0.05) is 287 Å². The standard InChI is InChI=1S/C91H148O17P2/c1-5-9-13-17-21-25-29-33-37-40-42-45-49-52-56-60-64-68-72-76-89(94)102-82-87(108-91(96)78-74-70-66-62-58-54-50-46-43-41-38-34-30-26-22-18-14-10-6-2)84-106-110(99,100)104-80-85(92)79-103-109(97,98)105-83-86(107-90(95)77-73-69-65-61-57-53-47-36-32-28-24-20-16-12-8-4)81-101-88(93)75-71-67-63-59-55-51-48-44-39-35-31-27-23-19-15-11-7-3/h9-11,13-15,21-23,25-27,33-39,42-43,45-48,51-52,54,56,58,85-87,92H,5-8,12,16-20,24,28-32,40-41,44,49-50,53,55,57,59-84H2,1-4H3,(H,97,98)(H,99,100)/b13-9-,14-10-,15-11-,25-21-,26-22-,27-23-,37-33-,38-34-,39-35-,45-42-,46-43-,47-36-,51-48-,56-52-,58-54-. The average molecular weight is 1580 g/mol. The minimum Gasteiger partial charge on any atom is -0.462 e. The molecule has 19 heteroatoms. The van der Waals surface area contributed by atoms with E-state index in [-0.39, 0.29) is 25.7 Å². The Morgan fingerprint density at radius 3 is 0.745 bits per heavy atom. The highest BCUT2D eigenvalue weighted by Crippen LogP contribution is 2.45. The molecule has 0 bridgehead atoms. The Hall–Kier alpha value is -5.84. The van der Waals surface area contributed by atoms with Crippen LogP contribution in [0.3, 0.4) is 0 Å². The summed E-state index contributed by atoms with van der Waals surface area (Å²) in [6.07, 6.45) is 98.6. The fourth-order valence-electron chi connectivity index (χ4n) is 10.6. The van der Waals surface area contributed by atoms with Gasteiger partial charge in [0, 0.05) is 25.7 Å². The van der Waals surface area contributed by atoms with Crippen LogP contribution in [-0.2, 0) is 65.4 Å². The average Bonchev–Trinajstić information content (AvgIpc) is 0.900. The van der Waals surface area contributed by atoms with Gasteiger partial charge in [-0.05, 0) is 180 Å². The smallest absolute Gasteiger partial charge is 0.462 e. The Bertz CT molecular complexity index is 2800. The number of carbonyl (C=O) groups excluding carboxylic acids is 4. The van der Waals surface area contributed by atoms with Gasteiger partial charge in [-0.3, -0.25) is 37.3 Å². The molecular weight excluding hydrogens is 1430 g/mol. The Morgan fingerprint density at radius 1 is 0.264 bits per heavy atom. The van der Waals surface area contributed by atoms with Crippen LogP contribution in [0.4, 0.5) is 0 Å². The van der Waals surface area contributed by atoms with Gasteiger partial charge in [0.15, 0.2) is 12.2 Å². The van der Waals surface area contributed by atoms with E-state index < -0.39 is 97.5 Å². The molecule has 0 aromatic carbocycles. The zero-order chi connectivity index (χ0) is 80.3. The quantitative estimate of drug-likeness (QED) is 0.0169. The zero-order valence-electron chi connectivity index (χ0n) is 68.4. The molecule has 0 aliphatic heterocycles. The van der Waals surface area contributed by atoms with E-state index in [9.17, 15) is 43.2 Å². The van der Waals surface area contributed by atoms with Crippen molar-refractivity contribution in [2.75, 3.05) is 39.6 Å². The minimum atomic E-state index is -5.01. The number of phosphoric acid groups is 2. The van der Waals surface area contributed by atoms with Crippen molar-refractivity contribution in [2.24, 2.45) is 0 Å². The highest BCUT2D eigenvalue weighted by Gasteiger charge is 2.30. The van der Waals surface area contributed by atoms with Crippen LogP contribution in [0.5, 0.6) is 0 Å². The van der Waals surface area contributed by atoms with E-state index in [1.165, 1.54) is 38.5 Å². The SMILES string of the molecule is CC/C=C\C/C=C\C/C=C\C/C=C\C/C=C\CCCCCC(=O)OCC(COP(=O)(O)OCC(O)COP(=O)(O)OCC(COC(=O)CCCCCC/C=C\C/C=C\C/C=C\C/C=C\CC)OC(=O)CCCCCCC/C=C\CCCCCCCC)OC(=O)CCCCC/C=C\C/C=C\C/C=C\C/C=C\C/C=C\CC. The van der Waals surface area contributed by atoms with Crippen molar-refractivity contribution in [1.82, 2.24) is 0 Å². The summed E-state index contributed by atoms with van der Waals surface area (Å²) >= 11 is 0. The molecule has 0 spiro atoms. The number of aliphatic hydroxyl groups is 1. The minimum absolute atomic E-state index is 0.0403. The fourth-order valence-corrected chi connectivity index (χ4v) is 12.1. The van der Waals surface area contributed by atoms with Crippen molar-refractivity contribution in [3.05, 3.63) is 182 Å². The van der Waals surface area contributed by atoms with Crippen LogP contribution in [0.25, 0.3) is 0 Å². The number of aliphatic hydroxyl groups excluding tert-OH is 1. The molecule has 5 atom stereocenters. The second kappa shape index (κ2) is 81.2. The molecule has 0 aromatic rings. The molecule has 0 saturated carbocycles. The molecule has 0 heterocycles. The molecule has 0 aromatic heterocycles. The largest absolute Gasteiger partial charge is 0.472 e. The molecule has 3 N–H and O–H groups in total. The van der Waals surface area contributed by atoms with E-state index in [1.54, 1.807) is 0 Å². The third kappa shape index (κ3) is 80.2. The normalized spacial score (nSPS) is 14.7. The lowest BCUT2D eigenvalue weighted by Crippen LogP contribution is -2.30. The van der Waals surface area contributed by atoms with Crippen molar-refractivity contribution in [2.45, 2.75) is 329 Å². The Morgan fingerprint density at radius 2 is 0.473 bits per heavy atom. The summed E-state index contributed by atoms with van der Waals surface area (Å²) in [4.78, 5) is 73.2. The lowest BCUT2D eigenvalue weighted by molar-refractivity contribution is -0.161. The van der Waals surface area contributed by atoms with Gasteiger partial charge in [0.1, 0.15) is 19.3 Å². The third-order valence-corrected chi connectivity index (χ3v) is 18.7. The summed E-state index contributed by atoms with van der Waals surface area (Å²) in [5.41, 5.74) is 0. The highest BCUT2D eigenvalue weighted by molar-refractivity contribution is 7.47. The van der Waals surface area contributed by atoms with Crippen molar-refractivity contribution < 1.29 is 80.2 Å². The summed E-state index contributed by atoms with van der Waals surface area (Å²) in [7, 11) is -10.0. The molecule has 0 amide bonds. The Kier molecular flexibility index (Phi) is 76.9. The second-order valence-electron chi connectivity index (χ2n) is 27.3. The van der Waals surface area contributed by atoms with Gasteiger partial charge in [0.05, 0.1) is 26.4 Å². The van der Waals surface area contributed by atoms with Gasteiger partial charge in [0.25, 0.3) is 0 Å². The maximum Gasteiger partial charge on any atom is 0.472 e. The van der Waals surface area contributed by atoms with Crippen LogP contribution in [0.1, 0.15) is 310 Å². The van der Waals surface area contributed by atoms with Gasteiger partial charge < -0.3 is 33.8 Å². The number of rotatable bonds is 77. The molecule has 0 radical (unpaired) electrons. The first-order valence-corrected chi connectivity index (χ1v) is 45.0. The van der Waals surface area contributed by atoms with Gasteiger partial charge in [-0.15, -0.1) is 0 Å². The predicted octanol–water partition coefficient (Wildman–Crippen LogP) is 25.1. The molecule has 0 aliphatic rings. The number of allylic oxidation sites excluding steroid dienone is 30. The molecule has 0 rings (SSSR count). The molecule has 5 unspecified atom stereocenters. The molecule has 624 valence electrons. The molecule has 0 fully saturated rings. The van der Waals surface area contributed by atoms with Crippen molar-refractivity contribution in [3.8, 4) is 0 Å². The maximum atomic E-state index is 13.1. The van der Waals surface area contributed by atoms with Gasteiger partial charge >= 0.3 is 39.5 Å². The summed E-state index contributed by atoms with van der Waals surface area (Å²) in [6, 6.07) is 0. The van der Waals surface area contributed by atoms with E-state index in [0.717, 1.165) is 193 Å². The van der Waals surface area contributed by atoms with Crippen LogP contribution in [0.15, 0.2) is 182 Å². The number of unbranched alkanes of at least 4 members (excludes halogenated alkanes) is 21. The summed E-state index contributed by atoms with van der Waals surface area (Å²) < 4.78 is 68.7. The summed E-state index contributed by atoms with van der Waals surface area (Å²) in [6.45, 7) is 4.42. The maximum absolute atomic E-state index is 13.1. The van der Waals surface area contributed by atoms with Crippen LogP contribution >= 0.6 is 15.6 Å². The van der Waals surface area contributed by atoms with Crippen molar-refractivity contribution in [3.63, 3.8) is 0 Å². The lowest BCUT2D eigenvalue weighted by Gasteiger charge is -2.21. The number of hydrogen-bond acceptors (Lipinski definition) is 15. The molecule has 0 saturated heterocycles. The van der Waals surface area contributed by atoms with Gasteiger partial charge in [-0.25, -0.2) is 9.13 Å². The Balaban J connectivity index is 5.50. The second-order valence-corrected chi connectivity index (χ2v) is 30.2. The van der Waals surface area contributed by atoms with E-state index in [2.05, 4.69) is 210 Å². The monoisotopic (exact) mass is 1580 g/mol. The molecule has 0 aliphatic carbocycles. The summed E-state index contributed by atoms with van der Waals surface area (Å²) in [5, 5.41) is 10.7. The Labute approximate surface area is 666 Å². The molecule has 110 heavy (non-hydrogen) atoms. The topological polar surface area (TPSA) is 237 Å². The first-order valence-electron chi connectivity index (χ1n) is 42.0. The number of ether oxygens (including phenoxy) is 4. The van der Waals surface area contributed by atoms with Crippen LogP contribution in [0.2, 0.25) is 0 Å². The summed E-state index contributed by atoms with van der Waals surface area (Å²) in [5.74, 6) is -2.29. The number of esters is 4. The van der Waals surface area contributed by atoms with Crippen LogP contribution in [-0.4, -0.2) is 96.7 Å². The predicted molar refractivity (Wildman–Crippen MR) is 454 cm³/mol. The molecular formula is C91H148O17P2. The number of phosphoric ester groups is 2. The fraction of sp³-hybridized carbons (Fsp3) is 0.626.